The minimum atomic E-state index is -0.918. The summed E-state index contributed by atoms with van der Waals surface area (Å²) in [6.45, 7) is 4.08. The lowest BCUT2D eigenvalue weighted by Gasteiger charge is -2.24. The van der Waals surface area contributed by atoms with Gasteiger partial charge in [-0.05, 0) is 19.8 Å². The zero-order valence-corrected chi connectivity index (χ0v) is 9.02. The van der Waals surface area contributed by atoms with Crippen LogP contribution in [0.5, 0.6) is 0 Å². The molecule has 0 aliphatic rings. The van der Waals surface area contributed by atoms with Gasteiger partial charge in [0.05, 0.1) is 12.2 Å². The molecule has 4 nitrogen and oxygen atoms in total. The summed E-state index contributed by atoms with van der Waals surface area (Å²) in [6.07, 6.45) is 0.0969. The average molecular weight is 206 g/mol. The van der Waals surface area contributed by atoms with Crippen LogP contribution in [0.4, 0.5) is 0 Å². The molecule has 0 aliphatic carbocycles. The van der Waals surface area contributed by atoms with Crippen LogP contribution >= 0.6 is 0 Å². The van der Waals surface area contributed by atoms with E-state index in [1.807, 2.05) is 0 Å². The average Bonchev–Trinajstić information content (AvgIpc) is 2.15. The minimum absolute atomic E-state index is 0.0411. The van der Waals surface area contributed by atoms with E-state index >= 15 is 0 Å². The first-order valence-corrected chi connectivity index (χ1v) is 5.22. The third-order valence-electron chi connectivity index (χ3n) is 2.12. The Hall–Kier alpha value is -0.160. The molecule has 0 radical (unpaired) electrons. The first kappa shape index (κ1) is 13.8. The van der Waals surface area contributed by atoms with Crippen molar-refractivity contribution in [2.45, 2.75) is 51.4 Å². The van der Waals surface area contributed by atoms with Crippen molar-refractivity contribution in [3.8, 4) is 0 Å². The zero-order valence-electron chi connectivity index (χ0n) is 9.02. The summed E-state index contributed by atoms with van der Waals surface area (Å²) in [5, 5.41) is 27.4. The Morgan fingerprint density at radius 2 is 1.93 bits per heavy atom. The number of hydrogen-bond acceptors (Lipinski definition) is 4. The van der Waals surface area contributed by atoms with Crippen LogP contribution in [0.25, 0.3) is 0 Å². The van der Waals surface area contributed by atoms with Gasteiger partial charge in [-0.2, -0.15) is 0 Å². The van der Waals surface area contributed by atoms with Crippen molar-refractivity contribution in [1.29, 1.82) is 0 Å². The van der Waals surface area contributed by atoms with Crippen molar-refractivity contribution in [1.82, 2.24) is 0 Å². The van der Waals surface area contributed by atoms with Crippen LogP contribution in [-0.2, 0) is 4.74 Å². The summed E-state index contributed by atoms with van der Waals surface area (Å²) in [5.41, 5.74) is 0. The van der Waals surface area contributed by atoms with Crippen LogP contribution in [0.2, 0.25) is 0 Å². The molecule has 0 aromatic rings. The lowest BCUT2D eigenvalue weighted by atomic mass is 10.1. The van der Waals surface area contributed by atoms with Gasteiger partial charge >= 0.3 is 0 Å². The Kier molecular flexibility index (Phi) is 8.08. The van der Waals surface area contributed by atoms with Crippen LogP contribution < -0.4 is 0 Å². The van der Waals surface area contributed by atoms with Crippen molar-refractivity contribution in [2.24, 2.45) is 0 Å². The molecule has 0 saturated heterocycles. The van der Waals surface area contributed by atoms with E-state index in [0.29, 0.717) is 13.0 Å². The van der Waals surface area contributed by atoms with Crippen molar-refractivity contribution in [2.75, 3.05) is 13.2 Å². The van der Waals surface area contributed by atoms with Gasteiger partial charge in [0.25, 0.3) is 0 Å². The number of aliphatic hydroxyl groups is 3. The monoisotopic (exact) mass is 206 g/mol. The van der Waals surface area contributed by atoms with Gasteiger partial charge in [0.2, 0.25) is 0 Å². The Balaban J connectivity index is 3.87. The first-order chi connectivity index (χ1) is 6.63. The number of ether oxygens (including phenoxy) is 1. The second kappa shape index (κ2) is 8.17. The molecule has 3 N–H and O–H groups in total. The predicted molar refractivity (Wildman–Crippen MR) is 54.0 cm³/mol. The van der Waals surface area contributed by atoms with E-state index < -0.39 is 18.3 Å². The second-order valence-corrected chi connectivity index (χ2v) is 3.51. The fourth-order valence-corrected chi connectivity index (χ4v) is 1.17. The number of rotatable bonds is 8. The third-order valence-corrected chi connectivity index (χ3v) is 2.12. The second-order valence-electron chi connectivity index (χ2n) is 3.51. The molecule has 0 amide bonds. The van der Waals surface area contributed by atoms with E-state index in [1.54, 1.807) is 0 Å². The quantitative estimate of drug-likeness (QED) is 0.499. The highest BCUT2D eigenvalue weighted by molar-refractivity contribution is 4.73. The smallest absolute Gasteiger partial charge is 0.106 e. The first-order valence-electron chi connectivity index (χ1n) is 5.22. The molecule has 0 aromatic heterocycles. The molecule has 0 spiro atoms. The van der Waals surface area contributed by atoms with E-state index in [0.717, 1.165) is 12.8 Å². The van der Waals surface area contributed by atoms with Gasteiger partial charge < -0.3 is 20.1 Å². The molecule has 0 aliphatic heterocycles. The molecule has 0 bridgehead atoms. The Morgan fingerprint density at radius 1 is 1.29 bits per heavy atom. The van der Waals surface area contributed by atoms with Crippen LogP contribution in [0.3, 0.4) is 0 Å². The number of unbranched alkanes of at least 4 members (excludes halogenated alkanes) is 1. The Bertz CT molecular complexity index is 127. The van der Waals surface area contributed by atoms with Crippen molar-refractivity contribution in [3.63, 3.8) is 0 Å². The van der Waals surface area contributed by atoms with Gasteiger partial charge in [-0.3, -0.25) is 0 Å². The molecule has 0 fully saturated rings. The SMILES string of the molecule is CCCCOC(CCO)C(O)C(C)O. The van der Waals surface area contributed by atoms with Crippen molar-refractivity contribution < 1.29 is 20.1 Å². The molecule has 14 heavy (non-hydrogen) atoms. The van der Waals surface area contributed by atoms with Crippen molar-refractivity contribution >= 4 is 0 Å². The van der Waals surface area contributed by atoms with Gasteiger partial charge in [-0.15, -0.1) is 0 Å². The standard InChI is InChI=1S/C10H22O4/c1-3-4-7-14-9(5-6-11)10(13)8(2)12/h8-13H,3-7H2,1-2H3. The maximum Gasteiger partial charge on any atom is 0.106 e. The van der Waals surface area contributed by atoms with Crippen molar-refractivity contribution in [3.05, 3.63) is 0 Å². The predicted octanol–water partition coefficient (Wildman–Crippen LogP) is 0.296. The molecular formula is C10H22O4. The molecule has 3 atom stereocenters. The fraction of sp³-hybridized carbons (Fsp3) is 1.00. The largest absolute Gasteiger partial charge is 0.396 e. The molecule has 3 unspecified atom stereocenters. The lowest BCUT2D eigenvalue weighted by molar-refractivity contribution is -0.0917. The van der Waals surface area contributed by atoms with Crippen LogP contribution in [-0.4, -0.2) is 46.8 Å². The number of hydrogen-bond donors (Lipinski definition) is 3. The topological polar surface area (TPSA) is 69.9 Å². The summed E-state index contributed by atoms with van der Waals surface area (Å²) < 4.78 is 5.38. The van der Waals surface area contributed by atoms with Gasteiger partial charge in [0.15, 0.2) is 0 Å². The Morgan fingerprint density at radius 3 is 2.36 bits per heavy atom. The molecule has 0 aromatic carbocycles. The van der Waals surface area contributed by atoms with E-state index in [1.165, 1.54) is 6.92 Å². The third kappa shape index (κ3) is 5.54. The van der Waals surface area contributed by atoms with E-state index in [-0.39, 0.29) is 6.61 Å². The van der Waals surface area contributed by atoms with Crippen LogP contribution in [0, 0.1) is 0 Å². The zero-order chi connectivity index (χ0) is 11.0. The molecule has 4 heteroatoms. The highest BCUT2D eigenvalue weighted by Gasteiger charge is 2.23. The normalized spacial score (nSPS) is 17.8. The summed E-state index contributed by atoms with van der Waals surface area (Å²) in [6, 6.07) is 0. The fourth-order valence-electron chi connectivity index (χ4n) is 1.17. The molecule has 0 saturated carbocycles. The van der Waals surface area contributed by atoms with E-state index in [4.69, 9.17) is 14.9 Å². The molecular weight excluding hydrogens is 184 g/mol. The molecule has 86 valence electrons. The van der Waals surface area contributed by atoms with Gasteiger partial charge in [-0.25, -0.2) is 0 Å². The van der Waals surface area contributed by atoms with Gasteiger partial charge in [0, 0.05) is 13.2 Å². The van der Waals surface area contributed by atoms with Gasteiger partial charge in [0.1, 0.15) is 6.10 Å². The maximum atomic E-state index is 9.53. The molecule has 0 heterocycles. The van der Waals surface area contributed by atoms with E-state index in [2.05, 4.69) is 6.92 Å². The van der Waals surface area contributed by atoms with Gasteiger partial charge in [-0.1, -0.05) is 13.3 Å². The maximum absolute atomic E-state index is 9.53. The lowest BCUT2D eigenvalue weighted by Crippen LogP contribution is -2.38. The highest BCUT2D eigenvalue weighted by atomic mass is 16.5. The summed E-state index contributed by atoms with van der Waals surface area (Å²) in [4.78, 5) is 0. The summed E-state index contributed by atoms with van der Waals surface area (Å²) >= 11 is 0. The van der Waals surface area contributed by atoms with Crippen LogP contribution in [0.15, 0.2) is 0 Å². The minimum Gasteiger partial charge on any atom is -0.396 e. The number of aliphatic hydroxyl groups excluding tert-OH is 3. The summed E-state index contributed by atoms with van der Waals surface area (Å²) in [5.74, 6) is 0. The Labute approximate surface area is 85.5 Å². The summed E-state index contributed by atoms with van der Waals surface area (Å²) in [7, 11) is 0. The van der Waals surface area contributed by atoms with E-state index in [9.17, 15) is 5.11 Å². The molecule has 0 rings (SSSR count). The van der Waals surface area contributed by atoms with Crippen LogP contribution in [0.1, 0.15) is 33.1 Å². The highest BCUT2D eigenvalue weighted by Crippen LogP contribution is 2.09.